The number of amides is 1. The van der Waals surface area contributed by atoms with E-state index in [0.717, 1.165) is 5.56 Å². The van der Waals surface area contributed by atoms with Crippen LogP contribution in [-0.4, -0.2) is 43.0 Å². The number of rotatable bonds is 9. The fourth-order valence-corrected chi connectivity index (χ4v) is 3.48. The first-order valence-corrected chi connectivity index (χ1v) is 11.8. The molecule has 0 bridgehead atoms. The number of nitrogens with one attached hydrogen (secondary N) is 1. The minimum absolute atomic E-state index is 0.00438. The molecule has 1 amide bonds. The molecule has 1 atom stereocenters. The summed E-state index contributed by atoms with van der Waals surface area (Å²) in [6, 6.07) is 13.3. The van der Waals surface area contributed by atoms with E-state index in [1.807, 2.05) is 18.4 Å². The molecule has 0 aliphatic heterocycles. The summed E-state index contributed by atoms with van der Waals surface area (Å²) in [5.74, 6) is -0.593. The van der Waals surface area contributed by atoms with Crippen LogP contribution in [0.15, 0.2) is 48.5 Å². The number of hydrogen-bond acceptors (Lipinski definition) is 6. The molecule has 0 aromatic heterocycles. The molecule has 2 aromatic rings. The van der Waals surface area contributed by atoms with Gasteiger partial charge in [0.1, 0.15) is 12.6 Å². The molecular formula is C25H31NO5S. The minimum Gasteiger partial charge on any atom is -0.465 e. The van der Waals surface area contributed by atoms with Crippen LogP contribution in [0.1, 0.15) is 59.0 Å². The van der Waals surface area contributed by atoms with E-state index in [4.69, 9.17) is 9.47 Å². The Bertz CT molecular complexity index is 934. The van der Waals surface area contributed by atoms with E-state index in [1.54, 1.807) is 48.2 Å². The van der Waals surface area contributed by atoms with E-state index in [9.17, 15) is 14.4 Å². The topological polar surface area (TPSA) is 81.7 Å². The maximum Gasteiger partial charge on any atom is 0.337 e. The highest BCUT2D eigenvalue weighted by Crippen LogP contribution is 2.22. The minimum atomic E-state index is -0.763. The third kappa shape index (κ3) is 7.41. The maximum atomic E-state index is 12.7. The van der Waals surface area contributed by atoms with E-state index < -0.39 is 18.0 Å². The molecule has 0 saturated carbocycles. The first-order chi connectivity index (χ1) is 15.2. The van der Waals surface area contributed by atoms with Crippen LogP contribution in [-0.2, 0) is 26.3 Å². The van der Waals surface area contributed by atoms with Gasteiger partial charge in [0.15, 0.2) is 0 Å². The molecular weight excluding hydrogens is 426 g/mol. The highest BCUT2D eigenvalue weighted by Gasteiger charge is 2.23. The van der Waals surface area contributed by atoms with Gasteiger partial charge in [-0.3, -0.25) is 4.79 Å². The SMILES string of the molecule is COC(=O)c1cccc(COC(=O)C(CCSC)NC(=O)c2ccc(C(C)(C)C)cc2)c1. The van der Waals surface area contributed by atoms with Gasteiger partial charge in [-0.15, -0.1) is 0 Å². The van der Waals surface area contributed by atoms with Gasteiger partial charge in [0.05, 0.1) is 12.7 Å². The molecule has 2 aromatic carbocycles. The van der Waals surface area contributed by atoms with Gasteiger partial charge in [-0.05, 0) is 59.2 Å². The second-order valence-electron chi connectivity index (χ2n) is 8.43. The third-order valence-corrected chi connectivity index (χ3v) is 5.59. The summed E-state index contributed by atoms with van der Waals surface area (Å²) in [5.41, 5.74) is 2.65. The van der Waals surface area contributed by atoms with Crippen LogP contribution >= 0.6 is 11.8 Å². The summed E-state index contributed by atoms with van der Waals surface area (Å²) in [5, 5.41) is 2.80. The van der Waals surface area contributed by atoms with Gasteiger partial charge in [-0.2, -0.15) is 11.8 Å². The van der Waals surface area contributed by atoms with Crippen molar-refractivity contribution in [3.8, 4) is 0 Å². The smallest absolute Gasteiger partial charge is 0.337 e. The van der Waals surface area contributed by atoms with E-state index >= 15 is 0 Å². The van der Waals surface area contributed by atoms with Gasteiger partial charge in [0.25, 0.3) is 5.91 Å². The van der Waals surface area contributed by atoms with Gasteiger partial charge in [0, 0.05) is 5.56 Å². The number of carbonyl (C=O) groups is 3. The Morgan fingerprint density at radius 2 is 1.72 bits per heavy atom. The Morgan fingerprint density at radius 3 is 2.31 bits per heavy atom. The molecule has 0 heterocycles. The summed E-state index contributed by atoms with van der Waals surface area (Å²) in [4.78, 5) is 37.1. The molecule has 0 aliphatic carbocycles. The van der Waals surface area contributed by atoms with Crippen molar-refractivity contribution in [1.82, 2.24) is 5.32 Å². The van der Waals surface area contributed by atoms with Gasteiger partial charge in [0.2, 0.25) is 0 Å². The predicted octanol–water partition coefficient (Wildman–Crippen LogP) is 4.37. The number of ether oxygens (including phenoxy) is 2. The summed E-state index contributed by atoms with van der Waals surface area (Å²) in [6.07, 6.45) is 2.39. The molecule has 6 nitrogen and oxygen atoms in total. The molecule has 0 aliphatic rings. The lowest BCUT2D eigenvalue weighted by Gasteiger charge is -2.20. The average molecular weight is 458 g/mol. The molecule has 172 valence electrons. The van der Waals surface area contributed by atoms with Crippen LogP contribution < -0.4 is 5.32 Å². The number of hydrogen-bond donors (Lipinski definition) is 1. The molecule has 7 heteroatoms. The van der Waals surface area contributed by atoms with Crippen LogP contribution in [0.2, 0.25) is 0 Å². The molecule has 0 fully saturated rings. The number of esters is 2. The summed E-state index contributed by atoms with van der Waals surface area (Å²) < 4.78 is 10.2. The number of benzene rings is 2. The van der Waals surface area contributed by atoms with Crippen molar-refractivity contribution in [3.63, 3.8) is 0 Å². The van der Waals surface area contributed by atoms with E-state index in [-0.39, 0.29) is 17.9 Å². The molecule has 0 radical (unpaired) electrons. The highest BCUT2D eigenvalue weighted by atomic mass is 32.2. The molecule has 0 spiro atoms. The van der Waals surface area contributed by atoms with Crippen molar-refractivity contribution in [2.24, 2.45) is 0 Å². The van der Waals surface area contributed by atoms with Crippen molar-refractivity contribution in [1.29, 1.82) is 0 Å². The Hall–Kier alpha value is -2.80. The van der Waals surface area contributed by atoms with Crippen LogP contribution in [0, 0.1) is 0 Å². The van der Waals surface area contributed by atoms with Crippen molar-refractivity contribution in [3.05, 3.63) is 70.8 Å². The van der Waals surface area contributed by atoms with Gasteiger partial charge >= 0.3 is 11.9 Å². The average Bonchev–Trinajstić information content (AvgIpc) is 2.79. The lowest BCUT2D eigenvalue weighted by molar-refractivity contribution is -0.147. The van der Waals surface area contributed by atoms with E-state index in [2.05, 4.69) is 26.1 Å². The Labute approximate surface area is 194 Å². The zero-order valence-corrected chi connectivity index (χ0v) is 20.1. The van der Waals surface area contributed by atoms with Crippen molar-refractivity contribution in [2.75, 3.05) is 19.1 Å². The lowest BCUT2D eigenvalue weighted by Crippen LogP contribution is -2.42. The summed E-state index contributed by atoms with van der Waals surface area (Å²) in [7, 11) is 1.31. The van der Waals surface area contributed by atoms with Gasteiger partial charge in [-0.25, -0.2) is 9.59 Å². The molecule has 1 N–H and O–H groups in total. The Morgan fingerprint density at radius 1 is 1.03 bits per heavy atom. The van der Waals surface area contributed by atoms with Crippen LogP contribution in [0.3, 0.4) is 0 Å². The second kappa shape index (κ2) is 11.7. The first-order valence-electron chi connectivity index (χ1n) is 10.4. The number of thioether (sulfide) groups is 1. The van der Waals surface area contributed by atoms with Crippen LogP contribution in [0.5, 0.6) is 0 Å². The Balaban J connectivity index is 2.04. The monoisotopic (exact) mass is 457 g/mol. The molecule has 2 rings (SSSR count). The zero-order chi connectivity index (χ0) is 23.7. The van der Waals surface area contributed by atoms with Crippen molar-refractivity contribution >= 4 is 29.6 Å². The summed E-state index contributed by atoms with van der Waals surface area (Å²) in [6.45, 7) is 6.32. The third-order valence-electron chi connectivity index (χ3n) is 4.94. The number of carbonyl (C=O) groups excluding carboxylic acids is 3. The first kappa shape index (κ1) is 25.5. The number of methoxy groups -OCH3 is 1. The fourth-order valence-electron chi connectivity index (χ4n) is 3.01. The van der Waals surface area contributed by atoms with Crippen molar-refractivity contribution < 1.29 is 23.9 Å². The molecule has 0 saturated heterocycles. The van der Waals surface area contributed by atoms with Crippen LogP contribution in [0.25, 0.3) is 0 Å². The fraction of sp³-hybridized carbons (Fsp3) is 0.400. The quantitative estimate of drug-likeness (QED) is 0.563. The van der Waals surface area contributed by atoms with E-state index in [0.29, 0.717) is 28.9 Å². The van der Waals surface area contributed by atoms with Crippen molar-refractivity contribution in [2.45, 2.75) is 45.3 Å². The second-order valence-corrected chi connectivity index (χ2v) is 9.42. The molecule has 1 unspecified atom stereocenters. The molecule has 32 heavy (non-hydrogen) atoms. The van der Waals surface area contributed by atoms with Gasteiger partial charge < -0.3 is 14.8 Å². The normalized spacial score (nSPS) is 12.0. The van der Waals surface area contributed by atoms with E-state index in [1.165, 1.54) is 7.11 Å². The largest absolute Gasteiger partial charge is 0.465 e. The zero-order valence-electron chi connectivity index (χ0n) is 19.3. The Kier molecular flexibility index (Phi) is 9.32. The summed E-state index contributed by atoms with van der Waals surface area (Å²) >= 11 is 1.59. The van der Waals surface area contributed by atoms with Gasteiger partial charge in [-0.1, -0.05) is 45.0 Å². The van der Waals surface area contributed by atoms with Crippen LogP contribution in [0.4, 0.5) is 0 Å². The highest BCUT2D eigenvalue weighted by molar-refractivity contribution is 7.98. The standard InChI is InChI=1S/C25H31NO5S/c1-25(2,3)20-11-9-18(10-12-20)22(27)26-21(13-14-32-5)24(29)31-16-17-7-6-8-19(15-17)23(28)30-4/h6-12,15,21H,13-14,16H2,1-5H3,(H,26,27). The lowest BCUT2D eigenvalue weighted by atomic mass is 9.86. The maximum absolute atomic E-state index is 12.7. The predicted molar refractivity (Wildman–Crippen MR) is 127 cm³/mol.